The Morgan fingerprint density at radius 3 is 1.04 bits per heavy atom. The van der Waals surface area contributed by atoms with Crippen LogP contribution in [0.4, 0.5) is 0 Å². The lowest BCUT2D eigenvalue weighted by Crippen LogP contribution is -1.88. The zero-order valence-corrected chi connectivity index (χ0v) is 16.7. The van der Waals surface area contributed by atoms with Crippen LogP contribution in [-0.2, 0) is 12.8 Å². The largest absolute Gasteiger partial charge is 0.508 e. The number of aryl methyl sites for hydroxylation is 2. The van der Waals surface area contributed by atoms with Gasteiger partial charge in [0.1, 0.15) is 11.5 Å². The second-order valence-corrected chi connectivity index (χ2v) is 7.65. The van der Waals surface area contributed by atoms with Crippen molar-refractivity contribution in [1.29, 1.82) is 0 Å². The Morgan fingerprint density at radius 1 is 0.407 bits per heavy atom. The Bertz CT molecular complexity index is 580. The molecule has 0 saturated carbocycles. The summed E-state index contributed by atoms with van der Waals surface area (Å²) in [6, 6.07) is 15.4. The van der Waals surface area contributed by atoms with Crippen LogP contribution < -0.4 is 0 Å². The lowest BCUT2D eigenvalue weighted by Gasteiger charge is -2.05. The zero-order chi connectivity index (χ0) is 19.2. The van der Waals surface area contributed by atoms with Crippen molar-refractivity contribution >= 4 is 0 Å². The van der Waals surface area contributed by atoms with Gasteiger partial charge in [-0.25, -0.2) is 0 Å². The van der Waals surface area contributed by atoms with Gasteiger partial charge in [-0.1, -0.05) is 94.2 Å². The van der Waals surface area contributed by atoms with Crippen LogP contribution >= 0.6 is 0 Å². The fraction of sp³-hybridized carbons (Fsp3) is 0.520. The molecule has 0 saturated heterocycles. The maximum Gasteiger partial charge on any atom is 0.118 e. The molecular weight excluding hydrogens is 332 g/mol. The highest BCUT2D eigenvalue weighted by Gasteiger charge is 2.00. The molecule has 27 heavy (non-hydrogen) atoms. The first-order chi connectivity index (χ1) is 13.3. The molecular formula is C25H36O2. The number of benzene rings is 2. The summed E-state index contributed by atoms with van der Waals surface area (Å²) < 4.78 is 0. The van der Waals surface area contributed by atoms with Crippen molar-refractivity contribution in [1.82, 2.24) is 0 Å². The molecule has 0 heterocycles. The van der Waals surface area contributed by atoms with Crippen molar-refractivity contribution in [3.05, 3.63) is 59.7 Å². The van der Waals surface area contributed by atoms with Crippen molar-refractivity contribution in [2.24, 2.45) is 0 Å². The number of hydrogen-bond acceptors (Lipinski definition) is 2. The number of para-hydroxylation sites is 2. The van der Waals surface area contributed by atoms with Crippen molar-refractivity contribution in [2.45, 2.75) is 83.5 Å². The van der Waals surface area contributed by atoms with Gasteiger partial charge in [0.15, 0.2) is 0 Å². The predicted molar refractivity (Wildman–Crippen MR) is 114 cm³/mol. The predicted octanol–water partition coefficient (Wildman–Crippen LogP) is 7.17. The molecule has 2 heteroatoms. The third-order valence-electron chi connectivity index (χ3n) is 5.38. The molecule has 2 N–H and O–H groups in total. The average Bonchev–Trinajstić information content (AvgIpc) is 2.68. The fourth-order valence-corrected chi connectivity index (χ4v) is 3.67. The van der Waals surface area contributed by atoms with Crippen LogP contribution in [0.25, 0.3) is 0 Å². The maximum absolute atomic E-state index is 9.75. The van der Waals surface area contributed by atoms with Crippen molar-refractivity contribution < 1.29 is 10.2 Å². The highest BCUT2D eigenvalue weighted by molar-refractivity contribution is 5.32. The molecule has 2 nitrogen and oxygen atoms in total. The Hall–Kier alpha value is -1.96. The van der Waals surface area contributed by atoms with E-state index >= 15 is 0 Å². The van der Waals surface area contributed by atoms with Crippen molar-refractivity contribution in [2.75, 3.05) is 0 Å². The van der Waals surface area contributed by atoms with Gasteiger partial charge in [0.2, 0.25) is 0 Å². The molecule has 2 aromatic carbocycles. The number of rotatable bonds is 14. The van der Waals surface area contributed by atoms with Crippen LogP contribution in [0.15, 0.2) is 48.5 Å². The summed E-state index contributed by atoms with van der Waals surface area (Å²) in [6.07, 6.45) is 16.2. The Balaban J connectivity index is 1.35. The van der Waals surface area contributed by atoms with Crippen LogP contribution in [-0.4, -0.2) is 10.2 Å². The van der Waals surface area contributed by atoms with E-state index in [0.29, 0.717) is 11.5 Å². The molecule has 0 unspecified atom stereocenters. The molecule has 148 valence electrons. The second kappa shape index (κ2) is 13.2. The van der Waals surface area contributed by atoms with Crippen LogP contribution in [0.3, 0.4) is 0 Å². The van der Waals surface area contributed by atoms with Crippen molar-refractivity contribution in [3.8, 4) is 11.5 Å². The van der Waals surface area contributed by atoms with Gasteiger partial charge < -0.3 is 10.2 Å². The van der Waals surface area contributed by atoms with Gasteiger partial charge in [0.25, 0.3) is 0 Å². The Morgan fingerprint density at radius 2 is 0.704 bits per heavy atom. The Labute approximate surface area is 165 Å². The van der Waals surface area contributed by atoms with Crippen LogP contribution in [0, 0.1) is 0 Å². The summed E-state index contributed by atoms with van der Waals surface area (Å²) in [5.41, 5.74) is 2.17. The molecule has 0 spiro atoms. The SMILES string of the molecule is Oc1ccccc1CCCCCCCCCCCCCc1ccccc1O. The summed E-state index contributed by atoms with van der Waals surface area (Å²) >= 11 is 0. The molecule has 2 aromatic rings. The van der Waals surface area contributed by atoms with Gasteiger partial charge in [-0.15, -0.1) is 0 Å². The molecule has 0 bridgehead atoms. The van der Waals surface area contributed by atoms with E-state index in [1.165, 1.54) is 70.6 Å². The Kier molecular flexibility index (Phi) is 10.5. The molecule has 0 radical (unpaired) electrons. The summed E-state index contributed by atoms with van der Waals surface area (Å²) in [7, 11) is 0. The molecule has 0 aliphatic heterocycles. The van der Waals surface area contributed by atoms with Crippen molar-refractivity contribution in [3.63, 3.8) is 0 Å². The smallest absolute Gasteiger partial charge is 0.118 e. The van der Waals surface area contributed by atoms with E-state index in [1.54, 1.807) is 12.1 Å². The number of phenols is 2. The van der Waals surface area contributed by atoms with Gasteiger partial charge in [0.05, 0.1) is 0 Å². The molecule has 0 aliphatic rings. The minimum absolute atomic E-state index is 0.443. The summed E-state index contributed by atoms with van der Waals surface area (Å²) in [5.74, 6) is 0.885. The molecule has 0 amide bonds. The highest BCUT2D eigenvalue weighted by atomic mass is 16.3. The number of phenolic OH excluding ortho intramolecular Hbond substituents is 2. The molecule has 0 fully saturated rings. The molecule has 2 rings (SSSR count). The molecule has 0 atom stereocenters. The van der Waals surface area contributed by atoms with Crippen LogP contribution in [0.1, 0.15) is 81.8 Å². The van der Waals surface area contributed by atoms with Gasteiger partial charge in [0, 0.05) is 0 Å². The summed E-state index contributed by atoms with van der Waals surface area (Å²) in [6.45, 7) is 0. The van der Waals surface area contributed by atoms with Gasteiger partial charge in [-0.3, -0.25) is 0 Å². The van der Waals surface area contributed by atoms with E-state index in [1.807, 2.05) is 36.4 Å². The minimum atomic E-state index is 0.443. The first kappa shape index (κ1) is 21.3. The standard InChI is InChI=1S/C25H36O2/c26-24-20-14-12-18-22(24)16-10-8-6-4-2-1-3-5-7-9-11-17-23-19-13-15-21-25(23)27/h12-15,18-21,26-27H,1-11,16-17H2. The monoisotopic (exact) mass is 368 g/mol. The van der Waals surface area contributed by atoms with E-state index in [2.05, 4.69) is 0 Å². The van der Waals surface area contributed by atoms with E-state index in [4.69, 9.17) is 0 Å². The number of hydrogen-bond donors (Lipinski definition) is 2. The third-order valence-corrected chi connectivity index (χ3v) is 5.38. The highest BCUT2D eigenvalue weighted by Crippen LogP contribution is 2.20. The first-order valence-electron chi connectivity index (χ1n) is 10.8. The molecule has 0 aliphatic carbocycles. The van der Waals surface area contributed by atoms with E-state index < -0.39 is 0 Å². The third kappa shape index (κ3) is 8.99. The van der Waals surface area contributed by atoms with Crippen LogP contribution in [0.5, 0.6) is 11.5 Å². The average molecular weight is 369 g/mol. The molecule has 0 aromatic heterocycles. The summed E-state index contributed by atoms with van der Waals surface area (Å²) in [5, 5.41) is 19.5. The van der Waals surface area contributed by atoms with Gasteiger partial charge in [-0.2, -0.15) is 0 Å². The van der Waals surface area contributed by atoms with E-state index in [0.717, 1.165) is 24.0 Å². The summed E-state index contributed by atoms with van der Waals surface area (Å²) in [4.78, 5) is 0. The quantitative estimate of drug-likeness (QED) is 0.347. The minimum Gasteiger partial charge on any atom is -0.508 e. The lowest BCUT2D eigenvalue weighted by atomic mass is 10.0. The van der Waals surface area contributed by atoms with Gasteiger partial charge in [-0.05, 0) is 48.9 Å². The fourth-order valence-electron chi connectivity index (χ4n) is 3.67. The normalized spacial score (nSPS) is 11.0. The first-order valence-corrected chi connectivity index (χ1v) is 10.8. The topological polar surface area (TPSA) is 40.5 Å². The lowest BCUT2D eigenvalue weighted by molar-refractivity contribution is 0.466. The number of unbranched alkanes of at least 4 members (excludes halogenated alkanes) is 10. The number of aromatic hydroxyl groups is 2. The van der Waals surface area contributed by atoms with E-state index in [9.17, 15) is 10.2 Å². The van der Waals surface area contributed by atoms with Gasteiger partial charge >= 0.3 is 0 Å². The second-order valence-electron chi connectivity index (χ2n) is 7.65. The van der Waals surface area contributed by atoms with Crippen LogP contribution in [0.2, 0.25) is 0 Å². The zero-order valence-electron chi connectivity index (χ0n) is 16.7. The van der Waals surface area contributed by atoms with E-state index in [-0.39, 0.29) is 0 Å². The maximum atomic E-state index is 9.75.